The summed E-state index contributed by atoms with van der Waals surface area (Å²) in [6.07, 6.45) is 0.603. The van der Waals surface area contributed by atoms with Crippen LogP contribution in [0.5, 0.6) is 0 Å². The number of carbonyl (C=O) groups excluding carboxylic acids is 2. The molecule has 1 aromatic heterocycles. The lowest BCUT2D eigenvalue weighted by Gasteiger charge is -2.19. The molecule has 0 radical (unpaired) electrons. The van der Waals surface area contributed by atoms with Gasteiger partial charge in [0.2, 0.25) is 5.91 Å². The van der Waals surface area contributed by atoms with E-state index in [0.29, 0.717) is 28.4 Å². The van der Waals surface area contributed by atoms with E-state index in [1.165, 1.54) is 11.3 Å². The lowest BCUT2D eigenvalue weighted by atomic mass is 9.96. The second-order valence-electron chi connectivity index (χ2n) is 7.77. The highest BCUT2D eigenvalue weighted by Crippen LogP contribution is 2.30. The van der Waals surface area contributed by atoms with E-state index < -0.39 is 5.41 Å². The Hall–Kier alpha value is -2.25. The van der Waals surface area contributed by atoms with Gasteiger partial charge in [-0.3, -0.25) is 9.59 Å². The summed E-state index contributed by atoms with van der Waals surface area (Å²) < 4.78 is 14.7. The van der Waals surface area contributed by atoms with Crippen molar-refractivity contribution >= 4 is 33.8 Å². The predicted molar refractivity (Wildman–Crippen MR) is 107 cm³/mol. The lowest BCUT2D eigenvalue weighted by Crippen LogP contribution is -2.27. The molecule has 3 N–H and O–H groups in total. The van der Waals surface area contributed by atoms with Crippen molar-refractivity contribution in [3.8, 4) is 0 Å². The largest absolute Gasteiger partial charge is 0.319 e. The van der Waals surface area contributed by atoms with E-state index in [2.05, 4.69) is 16.0 Å². The first-order valence-corrected chi connectivity index (χ1v) is 9.72. The van der Waals surface area contributed by atoms with E-state index in [9.17, 15) is 14.0 Å². The summed E-state index contributed by atoms with van der Waals surface area (Å²) in [6, 6.07) is 5.21. The lowest BCUT2D eigenvalue weighted by molar-refractivity contribution is -0.123. The van der Waals surface area contributed by atoms with Gasteiger partial charge >= 0.3 is 0 Å². The summed E-state index contributed by atoms with van der Waals surface area (Å²) in [5.74, 6) is -0.857. The normalized spacial score (nSPS) is 13.8. The summed E-state index contributed by atoms with van der Waals surface area (Å²) in [5, 5.41) is 9.32. The minimum Gasteiger partial charge on any atom is -0.319 e. The summed E-state index contributed by atoms with van der Waals surface area (Å²) in [6.45, 7) is 8.64. The summed E-state index contributed by atoms with van der Waals surface area (Å²) in [5.41, 5.74) is 1.99. The van der Waals surface area contributed by atoms with Crippen molar-refractivity contribution in [2.24, 2.45) is 5.41 Å². The molecule has 0 atom stereocenters. The van der Waals surface area contributed by atoms with E-state index in [1.807, 2.05) is 26.8 Å². The Labute approximate surface area is 162 Å². The third-order valence-corrected chi connectivity index (χ3v) is 5.65. The van der Waals surface area contributed by atoms with Gasteiger partial charge in [0.05, 0.1) is 15.6 Å². The summed E-state index contributed by atoms with van der Waals surface area (Å²) in [4.78, 5) is 25.3. The van der Waals surface area contributed by atoms with Gasteiger partial charge in [0.15, 0.2) is 0 Å². The van der Waals surface area contributed by atoms with Gasteiger partial charge in [-0.1, -0.05) is 26.8 Å². The quantitative estimate of drug-likeness (QED) is 0.741. The van der Waals surface area contributed by atoms with E-state index in [-0.39, 0.29) is 23.3 Å². The number of hydrogen-bond acceptors (Lipinski definition) is 4. The molecular formula is C20H24FN3O2S. The molecule has 2 amide bonds. The minimum absolute atomic E-state index is 0.120. The molecule has 0 saturated carbocycles. The molecule has 5 nitrogen and oxygen atoms in total. The monoisotopic (exact) mass is 389 g/mol. The van der Waals surface area contributed by atoms with Crippen LogP contribution in [0.15, 0.2) is 18.2 Å². The number of fused-ring (bicyclic) bond motifs is 1. The number of anilines is 2. The van der Waals surface area contributed by atoms with E-state index in [0.717, 1.165) is 17.7 Å². The molecule has 1 aliphatic heterocycles. The second-order valence-corrected chi connectivity index (χ2v) is 8.82. The van der Waals surface area contributed by atoms with Gasteiger partial charge in [0, 0.05) is 12.0 Å². The maximum absolute atomic E-state index is 14.7. The first-order chi connectivity index (χ1) is 12.7. The molecular weight excluding hydrogens is 365 g/mol. The Balaban J connectivity index is 1.78. The van der Waals surface area contributed by atoms with Crippen LogP contribution in [0.4, 0.5) is 15.1 Å². The molecule has 0 aliphatic carbocycles. The number of carbonyl (C=O) groups is 2. The Morgan fingerprint density at radius 3 is 2.67 bits per heavy atom. The average Bonchev–Trinajstić information content (AvgIpc) is 2.97. The van der Waals surface area contributed by atoms with E-state index >= 15 is 0 Å². The smallest absolute Gasteiger partial charge is 0.266 e. The van der Waals surface area contributed by atoms with Crippen LogP contribution in [0.3, 0.4) is 0 Å². The summed E-state index contributed by atoms with van der Waals surface area (Å²) >= 11 is 1.19. The van der Waals surface area contributed by atoms with Crippen molar-refractivity contribution in [2.45, 2.75) is 40.7 Å². The fourth-order valence-electron chi connectivity index (χ4n) is 2.88. The summed E-state index contributed by atoms with van der Waals surface area (Å²) in [7, 11) is 0. The van der Waals surface area contributed by atoms with Crippen LogP contribution in [0.25, 0.3) is 0 Å². The Morgan fingerprint density at radius 2 is 1.96 bits per heavy atom. The number of rotatable bonds is 3. The minimum atomic E-state index is -0.526. The molecule has 144 valence electrons. The highest BCUT2D eigenvalue weighted by atomic mass is 32.1. The number of aryl methyl sites for hydroxylation is 1. The molecule has 0 bridgehead atoms. The molecule has 2 heterocycles. The Bertz CT molecular complexity index is 899. The molecule has 0 saturated heterocycles. The molecule has 1 aromatic carbocycles. The van der Waals surface area contributed by atoms with Crippen LogP contribution in [0, 0.1) is 18.2 Å². The van der Waals surface area contributed by atoms with Crippen molar-refractivity contribution in [3.05, 3.63) is 45.6 Å². The second kappa shape index (κ2) is 7.40. The zero-order valence-corrected chi connectivity index (χ0v) is 16.8. The number of nitrogens with one attached hydrogen (secondary N) is 3. The van der Waals surface area contributed by atoms with Crippen LogP contribution in [-0.2, 0) is 17.8 Å². The third kappa shape index (κ3) is 4.20. The molecule has 2 aromatic rings. The number of amides is 2. The molecule has 7 heteroatoms. The number of hydrogen-bond donors (Lipinski definition) is 3. The average molecular weight is 389 g/mol. The molecule has 3 rings (SSSR count). The van der Waals surface area contributed by atoms with Gasteiger partial charge in [0.25, 0.3) is 5.91 Å². The van der Waals surface area contributed by atoms with E-state index in [1.54, 1.807) is 19.1 Å². The van der Waals surface area contributed by atoms with Crippen molar-refractivity contribution in [3.63, 3.8) is 0 Å². The fourth-order valence-corrected chi connectivity index (χ4v) is 3.84. The highest BCUT2D eigenvalue weighted by Gasteiger charge is 2.24. The molecule has 0 spiro atoms. The third-order valence-electron chi connectivity index (χ3n) is 4.50. The molecule has 27 heavy (non-hydrogen) atoms. The van der Waals surface area contributed by atoms with Crippen molar-refractivity contribution in [1.29, 1.82) is 0 Å². The molecule has 0 unspecified atom stereocenters. The standard InChI is InChI=1S/C20H24FN3O2S/c1-11-9-15(24-19(26)20(2,3)4)27-17(11)18(25)23-14-6-5-12-10-22-8-7-13(12)16(14)21/h5-6,9,22H,7-8,10H2,1-4H3,(H,23,25)(H,24,26). The van der Waals surface area contributed by atoms with Gasteiger partial charge in [-0.15, -0.1) is 11.3 Å². The van der Waals surface area contributed by atoms with Gasteiger partial charge in [-0.25, -0.2) is 4.39 Å². The predicted octanol–water partition coefficient (Wildman–Crippen LogP) is 4.08. The maximum Gasteiger partial charge on any atom is 0.266 e. The molecule has 0 fully saturated rings. The van der Waals surface area contributed by atoms with Crippen molar-refractivity contribution in [2.75, 3.05) is 17.2 Å². The van der Waals surface area contributed by atoms with Crippen LogP contribution >= 0.6 is 11.3 Å². The maximum atomic E-state index is 14.7. The zero-order valence-electron chi connectivity index (χ0n) is 16.0. The number of thiophene rings is 1. The van der Waals surface area contributed by atoms with Gasteiger partial charge in [0.1, 0.15) is 5.82 Å². The van der Waals surface area contributed by atoms with Gasteiger partial charge in [-0.2, -0.15) is 0 Å². The topological polar surface area (TPSA) is 70.2 Å². The molecule has 1 aliphatic rings. The van der Waals surface area contributed by atoms with Gasteiger partial charge in [-0.05, 0) is 48.7 Å². The van der Waals surface area contributed by atoms with Crippen LogP contribution < -0.4 is 16.0 Å². The Kier molecular flexibility index (Phi) is 5.35. The van der Waals surface area contributed by atoms with Crippen LogP contribution in [0.1, 0.15) is 47.1 Å². The Morgan fingerprint density at radius 1 is 1.22 bits per heavy atom. The first kappa shape index (κ1) is 19.5. The fraction of sp³-hybridized carbons (Fsp3) is 0.400. The first-order valence-electron chi connectivity index (χ1n) is 8.91. The zero-order chi connectivity index (χ0) is 19.8. The van der Waals surface area contributed by atoms with E-state index in [4.69, 9.17) is 0 Å². The highest BCUT2D eigenvalue weighted by molar-refractivity contribution is 7.18. The van der Waals surface area contributed by atoms with Crippen molar-refractivity contribution < 1.29 is 14.0 Å². The van der Waals surface area contributed by atoms with Crippen LogP contribution in [0.2, 0.25) is 0 Å². The van der Waals surface area contributed by atoms with Crippen molar-refractivity contribution in [1.82, 2.24) is 5.32 Å². The SMILES string of the molecule is Cc1cc(NC(=O)C(C)(C)C)sc1C(=O)Nc1ccc2c(c1F)CCNC2. The number of halogens is 1. The van der Waals surface area contributed by atoms with Crippen LogP contribution in [-0.4, -0.2) is 18.4 Å². The van der Waals surface area contributed by atoms with Gasteiger partial charge < -0.3 is 16.0 Å². The number of benzene rings is 1.